The SMILES string of the molecule is COc1ccc(CCN=C(N)N)cc1C(C)C. The third-order valence-corrected chi connectivity index (χ3v) is 2.61. The molecule has 0 aromatic heterocycles. The summed E-state index contributed by atoms with van der Waals surface area (Å²) in [5.41, 5.74) is 13.0. The van der Waals surface area contributed by atoms with Crippen LogP contribution in [0.3, 0.4) is 0 Å². The Balaban J connectivity index is 2.81. The van der Waals surface area contributed by atoms with Gasteiger partial charge >= 0.3 is 0 Å². The monoisotopic (exact) mass is 235 g/mol. The van der Waals surface area contributed by atoms with Crippen LogP contribution in [0.4, 0.5) is 0 Å². The lowest BCUT2D eigenvalue weighted by atomic mass is 9.98. The summed E-state index contributed by atoms with van der Waals surface area (Å²) in [6.45, 7) is 4.92. The molecule has 0 radical (unpaired) electrons. The van der Waals surface area contributed by atoms with E-state index in [0.29, 0.717) is 12.5 Å². The van der Waals surface area contributed by atoms with Crippen molar-refractivity contribution in [2.24, 2.45) is 16.5 Å². The van der Waals surface area contributed by atoms with E-state index in [-0.39, 0.29) is 5.96 Å². The van der Waals surface area contributed by atoms with Crippen molar-refractivity contribution in [2.75, 3.05) is 13.7 Å². The fourth-order valence-electron chi connectivity index (χ4n) is 1.70. The summed E-state index contributed by atoms with van der Waals surface area (Å²) in [6.07, 6.45) is 0.835. The van der Waals surface area contributed by atoms with Gasteiger partial charge in [-0.1, -0.05) is 26.0 Å². The fourth-order valence-corrected chi connectivity index (χ4v) is 1.70. The normalized spacial score (nSPS) is 10.4. The summed E-state index contributed by atoms with van der Waals surface area (Å²) in [5, 5.41) is 0. The van der Waals surface area contributed by atoms with Gasteiger partial charge in [-0.25, -0.2) is 0 Å². The van der Waals surface area contributed by atoms with E-state index in [9.17, 15) is 0 Å². The zero-order valence-electron chi connectivity index (χ0n) is 10.7. The van der Waals surface area contributed by atoms with Crippen LogP contribution in [0.5, 0.6) is 5.75 Å². The van der Waals surface area contributed by atoms with Gasteiger partial charge in [0.1, 0.15) is 5.75 Å². The second-order valence-electron chi connectivity index (χ2n) is 4.29. The lowest BCUT2D eigenvalue weighted by molar-refractivity contribution is 0.407. The molecule has 4 heteroatoms. The number of benzene rings is 1. The van der Waals surface area contributed by atoms with E-state index in [1.165, 1.54) is 11.1 Å². The molecule has 0 bridgehead atoms. The third kappa shape index (κ3) is 3.98. The summed E-state index contributed by atoms with van der Waals surface area (Å²) < 4.78 is 5.34. The first-order chi connectivity index (χ1) is 8.04. The highest BCUT2D eigenvalue weighted by Crippen LogP contribution is 2.27. The van der Waals surface area contributed by atoms with Crippen molar-refractivity contribution in [3.05, 3.63) is 29.3 Å². The van der Waals surface area contributed by atoms with E-state index in [4.69, 9.17) is 16.2 Å². The molecule has 0 aliphatic rings. The third-order valence-electron chi connectivity index (χ3n) is 2.61. The summed E-state index contributed by atoms with van der Waals surface area (Å²) in [6, 6.07) is 6.21. The molecule has 1 aromatic rings. The summed E-state index contributed by atoms with van der Waals surface area (Å²) in [4.78, 5) is 3.98. The molecule has 0 spiro atoms. The number of guanidine groups is 1. The minimum Gasteiger partial charge on any atom is -0.496 e. The smallest absolute Gasteiger partial charge is 0.185 e. The van der Waals surface area contributed by atoms with Gasteiger partial charge in [0, 0.05) is 6.54 Å². The van der Waals surface area contributed by atoms with Gasteiger partial charge in [0.15, 0.2) is 5.96 Å². The maximum Gasteiger partial charge on any atom is 0.185 e. The zero-order valence-corrected chi connectivity index (χ0v) is 10.7. The summed E-state index contributed by atoms with van der Waals surface area (Å²) in [5.74, 6) is 1.51. The van der Waals surface area contributed by atoms with Crippen LogP contribution in [0.2, 0.25) is 0 Å². The highest BCUT2D eigenvalue weighted by Gasteiger charge is 2.07. The topological polar surface area (TPSA) is 73.6 Å². The van der Waals surface area contributed by atoms with Crippen LogP contribution in [-0.2, 0) is 6.42 Å². The lowest BCUT2D eigenvalue weighted by Gasteiger charge is -2.13. The number of nitrogens with zero attached hydrogens (tertiary/aromatic N) is 1. The largest absolute Gasteiger partial charge is 0.496 e. The second kappa shape index (κ2) is 6.13. The van der Waals surface area contributed by atoms with Crippen molar-refractivity contribution in [3.8, 4) is 5.75 Å². The molecule has 1 aromatic carbocycles. The van der Waals surface area contributed by atoms with E-state index in [1.54, 1.807) is 7.11 Å². The zero-order chi connectivity index (χ0) is 12.8. The maximum atomic E-state index is 5.34. The average molecular weight is 235 g/mol. The van der Waals surface area contributed by atoms with E-state index in [2.05, 4.69) is 24.9 Å². The van der Waals surface area contributed by atoms with Crippen molar-refractivity contribution in [1.29, 1.82) is 0 Å². The van der Waals surface area contributed by atoms with Gasteiger partial charge in [0.05, 0.1) is 7.11 Å². The van der Waals surface area contributed by atoms with Crippen molar-refractivity contribution in [2.45, 2.75) is 26.2 Å². The highest BCUT2D eigenvalue weighted by molar-refractivity contribution is 5.75. The molecule has 0 aliphatic carbocycles. The molecule has 4 nitrogen and oxygen atoms in total. The quantitative estimate of drug-likeness (QED) is 0.602. The Morgan fingerprint density at radius 1 is 1.35 bits per heavy atom. The van der Waals surface area contributed by atoms with Gasteiger partial charge in [-0.15, -0.1) is 0 Å². The van der Waals surface area contributed by atoms with E-state index in [0.717, 1.165) is 12.2 Å². The predicted molar refractivity (Wildman–Crippen MR) is 71.5 cm³/mol. The van der Waals surface area contributed by atoms with E-state index < -0.39 is 0 Å². The van der Waals surface area contributed by atoms with Crippen molar-refractivity contribution in [1.82, 2.24) is 0 Å². The first-order valence-electron chi connectivity index (χ1n) is 5.76. The Morgan fingerprint density at radius 2 is 2.06 bits per heavy atom. The van der Waals surface area contributed by atoms with Crippen LogP contribution in [0, 0.1) is 0 Å². The molecule has 1 rings (SSSR count). The van der Waals surface area contributed by atoms with Crippen molar-refractivity contribution in [3.63, 3.8) is 0 Å². The Kier molecular flexibility index (Phi) is 4.82. The lowest BCUT2D eigenvalue weighted by Crippen LogP contribution is -2.23. The number of aliphatic imine (C=N–C) groups is 1. The van der Waals surface area contributed by atoms with Crippen LogP contribution in [0.15, 0.2) is 23.2 Å². The van der Waals surface area contributed by atoms with Gasteiger partial charge in [-0.2, -0.15) is 0 Å². The Hall–Kier alpha value is -1.71. The van der Waals surface area contributed by atoms with E-state index in [1.807, 2.05) is 12.1 Å². The van der Waals surface area contributed by atoms with Gasteiger partial charge in [0.2, 0.25) is 0 Å². The fraction of sp³-hybridized carbons (Fsp3) is 0.462. The number of hydrogen-bond acceptors (Lipinski definition) is 2. The van der Waals surface area contributed by atoms with Crippen LogP contribution >= 0.6 is 0 Å². The van der Waals surface area contributed by atoms with Gasteiger partial charge in [-0.3, -0.25) is 4.99 Å². The minimum absolute atomic E-state index is 0.141. The first-order valence-corrected chi connectivity index (χ1v) is 5.76. The van der Waals surface area contributed by atoms with Crippen molar-refractivity contribution >= 4 is 5.96 Å². The number of rotatable bonds is 5. The Bertz CT molecular complexity index is 396. The molecule has 0 heterocycles. The summed E-state index contributed by atoms with van der Waals surface area (Å²) in [7, 11) is 1.69. The summed E-state index contributed by atoms with van der Waals surface area (Å²) >= 11 is 0. The Morgan fingerprint density at radius 3 is 2.59 bits per heavy atom. The molecule has 0 saturated heterocycles. The molecule has 0 atom stereocenters. The van der Waals surface area contributed by atoms with E-state index >= 15 is 0 Å². The average Bonchev–Trinajstić information content (AvgIpc) is 2.28. The first kappa shape index (κ1) is 13.4. The standard InChI is InChI=1S/C13H21N3O/c1-9(2)11-8-10(4-5-12(11)17-3)6-7-16-13(14)15/h4-5,8-9H,6-7H2,1-3H3,(H4,14,15,16). The number of nitrogens with two attached hydrogens (primary N) is 2. The molecule has 17 heavy (non-hydrogen) atoms. The molecule has 4 N–H and O–H groups in total. The Labute approximate surface area is 103 Å². The van der Waals surface area contributed by atoms with Gasteiger partial charge < -0.3 is 16.2 Å². The molecule has 0 amide bonds. The molecular formula is C13H21N3O. The van der Waals surface area contributed by atoms with Crippen LogP contribution in [-0.4, -0.2) is 19.6 Å². The van der Waals surface area contributed by atoms with Crippen LogP contribution in [0.25, 0.3) is 0 Å². The minimum atomic E-state index is 0.141. The predicted octanol–water partition coefficient (Wildman–Crippen LogP) is 1.63. The molecule has 0 saturated carbocycles. The number of methoxy groups -OCH3 is 1. The molecule has 94 valence electrons. The van der Waals surface area contributed by atoms with Crippen LogP contribution in [0.1, 0.15) is 30.9 Å². The van der Waals surface area contributed by atoms with Crippen molar-refractivity contribution < 1.29 is 4.74 Å². The molecule has 0 aliphatic heterocycles. The number of ether oxygens (including phenoxy) is 1. The highest BCUT2D eigenvalue weighted by atomic mass is 16.5. The molecule has 0 fully saturated rings. The number of hydrogen-bond donors (Lipinski definition) is 2. The molecule has 0 unspecified atom stereocenters. The van der Waals surface area contributed by atoms with Crippen LogP contribution < -0.4 is 16.2 Å². The van der Waals surface area contributed by atoms with Gasteiger partial charge in [0.25, 0.3) is 0 Å². The second-order valence-corrected chi connectivity index (χ2v) is 4.29. The maximum absolute atomic E-state index is 5.34. The van der Waals surface area contributed by atoms with Gasteiger partial charge in [-0.05, 0) is 29.5 Å². The molecular weight excluding hydrogens is 214 g/mol.